The average Bonchev–Trinajstić information content (AvgIpc) is 3.19. The van der Waals surface area contributed by atoms with Crippen LogP contribution in [0.1, 0.15) is 60.1 Å². The second kappa shape index (κ2) is 6.87. The van der Waals surface area contributed by atoms with Gasteiger partial charge in [0.1, 0.15) is 0 Å². The number of thiophene rings is 1. The molecule has 1 unspecified atom stereocenters. The fourth-order valence-corrected chi connectivity index (χ4v) is 4.82. The molecule has 1 N–H and O–H groups in total. The quantitative estimate of drug-likeness (QED) is 0.911. The van der Waals surface area contributed by atoms with E-state index in [0.29, 0.717) is 11.3 Å². The summed E-state index contributed by atoms with van der Waals surface area (Å²) in [6.07, 6.45) is 5.49. The van der Waals surface area contributed by atoms with Gasteiger partial charge in [-0.2, -0.15) is 0 Å². The number of rotatable bonds is 3. The highest BCUT2D eigenvalue weighted by atomic mass is 32.1. The Bertz CT molecular complexity index is 624. The van der Waals surface area contributed by atoms with Crippen LogP contribution < -0.4 is 5.32 Å². The van der Waals surface area contributed by atoms with Gasteiger partial charge in [0.2, 0.25) is 5.91 Å². The maximum absolute atomic E-state index is 12.4. The highest BCUT2D eigenvalue weighted by Crippen LogP contribution is 2.40. The lowest BCUT2D eigenvalue weighted by Gasteiger charge is -2.33. The smallest absolute Gasteiger partial charge is 0.261 e. The van der Waals surface area contributed by atoms with E-state index in [0.717, 1.165) is 43.6 Å². The Morgan fingerprint density at radius 2 is 2.00 bits per heavy atom. The van der Waals surface area contributed by atoms with Gasteiger partial charge in [0.05, 0.1) is 11.4 Å². The Hall–Kier alpha value is -1.36. The van der Waals surface area contributed by atoms with E-state index in [-0.39, 0.29) is 18.4 Å². The standard InChI is InChI=1S/C19H28N2O2S/c1-19(2,3)14-6-7-15-13(10-14)11-16(24-15)18(23)20-12-17(22)21-8-4-5-9-21/h11,14H,4-10,12H2,1-3H3,(H,20,23). The lowest BCUT2D eigenvalue weighted by Crippen LogP contribution is -2.38. The second-order valence-corrected chi connectivity index (χ2v) is 9.27. The Balaban J connectivity index is 1.59. The average molecular weight is 349 g/mol. The minimum atomic E-state index is -0.103. The lowest BCUT2D eigenvalue weighted by atomic mass is 9.72. The third-order valence-corrected chi connectivity index (χ3v) is 6.63. The molecule has 24 heavy (non-hydrogen) atoms. The van der Waals surface area contributed by atoms with E-state index in [1.54, 1.807) is 11.3 Å². The summed E-state index contributed by atoms with van der Waals surface area (Å²) in [5.74, 6) is 0.608. The van der Waals surface area contributed by atoms with Crippen molar-refractivity contribution in [1.82, 2.24) is 10.2 Å². The normalized spacial score (nSPS) is 20.8. The molecule has 2 amide bonds. The van der Waals surface area contributed by atoms with Crippen LogP contribution in [0.15, 0.2) is 6.07 Å². The van der Waals surface area contributed by atoms with Gasteiger partial charge in [-0.05, 0) is 55.1 Å². The minimum absolute atomic E-state index is 0.0370. The highest BCUT2D eigenvalue weighted by molar-refractivity contribution is 7.14. The van der Waals surface area contributed by atoms with Gasteiger partial charge < -0.3 is 10.2 Å². The number of likely N-dealkylation sites (tertiary alicyclic amines) is 1. The van der Waals surface area contributed by atoms with Crippen LogP contribution >= 0.6 is 11.3 Å². The molecule has 1 atom stereocenters. The van der Waals surface area contributed by atoms with E-state index in [9.17, 15) is 9.59 Å². The van der Waals surface area contributed by atoms with Crippen LogP contribution in [0.25, 0.3) is 0 Å². The van der Waals surface area contributed by atoms with Crippen molar-refractivity contribution in [3.63, 3.8) is 0 Å². The van der Waals surface area contributed by atoms with Gasteiger partial charge in [0.25, 0.3) is 5.91 Å². The second-order valence-electron chi connectivity index (χ2n) is 8.14. The predicted octanol–water partition coefficient (Wildman–Crippen LogP) is 3.25. The number of carbonyl (C=O) groups is 2. The Morgan fingerprint density at radius 3 is 2.67 bits per heavy atom. The number of aryl methyl sites for hydroxylation is 1. The van der Waals surface area contributed by atoms with Crippen molar-refractivity contribution in [2.45, 2.75) is 52.9 Å². The largest absolute Gasteiger partial charge is 0.342 e. The Labute approximate surface area is 148 Å². The number of hydrogen-bond acceptors (Lipinski definition) is 3. The first kappa shape index (κ1) is 17.5. The molecule has 1 aromatic rings. The summed E-state index contributed by atoms with van der Waals surface area (Å²) >= 11 is 1.60. The molecule has 1 aromatic heterocycles. The highest BCUT2D eigenvalue weighted by Gasteiger charge is 2.30. The number of amides is 2. The molecule has 0 aromatic carbocycles. The van der Waals surface area contributed by atoms with E-state index < -0.39 is 0 Å². The maximum atomic E-state index is 12.4. The summed E-state index contributed by atoms with van der Waals surface area (Å²) in [7, 11) is 0. The third kappa shape index (κ3) is 3.82. The summed E-state index contributed by atoms with van der Waals surface area (Å²) < 4.78 is 0. The van der Waals surface area contributed by atoms with Gasteiger partial charge in [-0.25, -0.2) is 0 Å². The van der Waals surface area contributed by atoms with Gasteiger partial charge in [-0.1, -0.05) is 20.8 Å². The number of nitrogens with zero attached hydrogens (tertiary/aromatic N) is 1. The lowest BCUT2D eigenvalue weighted by molar-refractivity contribution is -0.129. The van der Waals surface area contributed by atoms with Crippen molar-refractivity contribution in [2.75, 3.05) is 19.6 Å². The van der Waals surface area contributed by atoms with Crippen molar-refractivity contribution in [1.29, 1.82) is 0 Å². The van der Waals surface area contributed by atoms with Crippen LogP contribution in [0.4, 0.5) is 0 Å². The zero-order chi connectivity index (χ0) is 17.3. The van der Waals surface area contributed by atoms with E-state index in [2.05, 4.69) is 26.1 Å². The number of carbonyl (C=O) groups excluding carboxylic acids is 2. The summed E-state index contributed by atoms with van der Waals surface area (Å²) in [6, 6.07) is 2.05. The van der Waals surface area contributed by atoms with E-state index in [1.165, 1.54) is 16.9 Å². The Kier molecular flexibility index (Phi) is 5.00. The molecule has 2 aliphatic rings. The molecule has 2 heterocycles. The molecular weight excluding hydrogens is 320 g/mol. The van der Waals surface area contributed by atoms with Gasteiger partial charge in [-0.15, -0.1) is 11.3 Å². The van der Waals surface area contributed by atoms with E-state index in [1.807, 2.05) is 11.0 Å². The topological polar surface area (TPSA) is 49.4 Å². The van der Waals surface area contributed by atoms with Gasteiger partial charge >= 0.3 is 0 Å². The molecule has 1 fully saturated rings. The van der Waals surface area contributed by atoms with Crippen molar-refractivity contribution in [2.24, 2.45) is 11.3 Å². The SMILES string of the molecule is CC(C)(C)C1CCc2sc(C(=O)NCC(=O)N3CCCC3)cc2C1. The zero-order valence-electron chi connectivity index (χ0n) is 15.0. The fraction of sp³-hybridized carbons (Fsp3) is 0.684. The first-order valence-electron chi connectivity index (χ1n) is 9.02. The van der Waals surface area contributed by atoms with Gasteiger partial charge in [-0.3, -0.25) is 9.59 Å². The predicted molar refractivity (Wildman–Crippen MR) is 97.4 cm³/mol. The molecule has 0 bridgehead atoms. The van der Waals surface area contributed by atoms with Crippen LogP contribution in [0, 0.1) is 11.3 Å². The minimum Gasteiger partial charge on any atom is -0.342 e. The fourth-order valence-electron chi connectivity index (χ4n) is 3.70. The first-order chi connectivity index (χ1) is 11.3. The molecule has 0 spiro atoms. The zero-order valence-corrected chi connectivity index (χ0v) is 15.8. The molecule has 5 heteroatoms. The Morgan fingerprint density at radius 1 is 1.29 bits per heavy atom. The monoisotopic (exact) mass is 348 g/mol. The van der Waals surface area contributed by atoms with Crippen LogP contribution in [0.2, 0.25) is 0 Å². The summed E-state index contributed by atoms with van der Waals surface area (Å²) in [5, 5.41) is 2.81. The van der Waals surface area contributed by atoms with Gasteiger partial charge in [0, 0.05) is 18.0 Å². The number of nitrogens with one attached hydrogen (secondary N) is 1. The molecule has 3 rings (SSSR count). The number of hydrogen-bond donors (Lipinski definition) is 1. The molecule has 132 valence electrons. The van der Waals surface area contributed by atoms with Crippen molar-refractivity contribution < 1.29 is 9.59 Å². The summed E-state index contributed by atoms with van der Waals surface area (Å²) in [5.41, 5.74) is 1.65. The molecule has 1 aliphatic heterocycles. The molecule has 4 nitrogen and oxygen atoms in total. The third-order valence-electron chi connectivity index (χ3n) is 5.39. The van der Waals surface area contributed by atoms with Crippen molar-refractivity contribution in [3.8, 4) is 0 Å². The molecule has 1 aliphatic carbocycles. The van der Waals surface area contributed by atoms with Crippen LogP contribution in [-0.4, -0.2) is 36.3 Å². The van der Waals surface area contributed by atoms with Crippen LogP contribution in [0.3, 0.4) is 0 Å². The van der Waals surface area contributed by atoms with Gasteiger partial charge in [0.15, 0.2) is 0 Å². The van der Waals surface area contributed by atoms with Crippen molar-refractivity contribution in [3.05, 3.63) is 21.4 Å². The molecule has 0 saturated carbocycles. The van der Waals surface area contributed by atoms with Crippen LogP contribution in [0.5, 0.6) is 0 Å². The molecule has 0 radical (unpaired) electrons. The summed E-state index contributed by atoms with van der Waals surface area (Å²) in [4.78, 5) is 28.4. The maximum Gasteiger partial charge on any atom is 0.261 e. The van der Waals surface area contributed by atoms with Crippen molar-refractivity contribution >= 4 is 23.2 Å². The van der Waals surface area contributed by atoms with Crippen LogP contribution in [-0.2, 0) is 17.6 Å². The first-order valence-corrected chi connectivity index (χ1v) is 9.84. The molecular formula is C19H28N2O2S. The summed E-state index contributed by atoms with van der Waals surface area (Å²) in [6.45, 7) is 8.67. The van der Waals surface area contributed by atoms with E-state index in [4.69, 9.17) is 0 Å². The van der Waals surface area contributed by atoms with E-state index >= 15 is 0 Å². The number of fused-ring (bicyclic) bond motifs is 1. The molecule has 1 saturated heterocycles.